The maximum absolute atomic E-state index is 13.5. The van der Waals surface area contributed by atoms with Crippen LogP contribution in [0.4, 0.5) is 8.78 Å². The molecular weight excluding hydrogens is 302 g/mol. The van der Waals surface area contributed by atoms with E-state index in [-0.39, 0.29) is 11.6 Å². The molecule has 106 valence electrons. The van der Waals surface area contributed by atoms with Crippen molar-refractivity contribution in [3.05, 3.63) is 54.1 Å². The zero-order valence-electron chi connectivity index (χ0n) is 11.2. The van der Waals surface area contributed by atoms with Crippen molar-refractivity contribution in [2.45, 2.75) is 0 Å². The predicted octanol–water partition coefficient (Wildman–Crippen LogP) is 5.31. The Morgan fingerprint density at radius 3 is 2.50 bits per heavy atom. The molecule has 2 aromatic carbocycles. The molecule has 0 aliphatic carbocycles. The summed E-state index contributed by atoms with van der Waals surface area (Å²) in [5.41, 5.74) is 2.56. The van der Waals surface area contributed by atoms with E-state index in [4.69, 9.17) is 0 Å². The van der Waals surface area contributed by atoms with Gasteiger partial charge in [0.2, 0.25) is 0 Å². The number of hydrogen-bond acceptors (Lipinski definition) is 2. The number of nitrogens with one attached hydrogen (secondary N) is 1. The second kappa shape index (κ2) is 4.01. The number of nitrogens with zero attached hydrogens (tertiary/aromatic N) is 1. The summed E-state index contributed by atoms with van der Waals surface area (Å²) >= 11 is 1.50. The van der Waals surface area contributed by atoms with E-state index in [1.165, 1.54) is 35.6 Å². The third kappa shape index (κ3) is 1.54. The monoisotopic (exact) mass is 310 g/mol. The van der Waals surface area contributed by atoms with E-state index < -0.39 is 0 Å². The van der Waals surface area contributed by atoms with Crippen LogP contribution in [0.3, 0.4) is 0 Å². The SMILES string of the molecule is Fc1ccc2nc3sc4[nH]c5ccc(F)cc5c4cc-3c2c1. The first-order valence-corrected chi connectivity index (χ1v) is 7.60. The van der Waals surface area contributed by atoms with Gasteiger partial charge in [-0.2, -0.15) is 0 Å². The molecule has 0 bridgehead atoms. The quantitative estimate of drug-likeness (QED) is 0.412. The van der Waals surface area contributed by atoms with Gasteiger partial charge in [0.25, 0.3) is 0 Å². The van der Waals surface area contributed by atoms with E-state index in [0.717, 1.165) is 42.6 Å². The lowest BCUT2D eigenvalue weighted by atomic mass is 10.1. The summed E-state index contributed by atoms with van der Waals surface area (Å²) in [5.74, 6) is -0.549. The Balaban J connectivity index is 1.99. The van der Waals surface area contributed by atoms with E-state index >= 15 is 0 Å². The van der Waals surface area contributed by atoms with Gasteiger partial charge in [0.05, 0.1) is 5.52 Å². The molecule has 5 heteroatoms. The molecule has 0 unspecified atom stereocenters. The van der Waals surface area contributed by atoms with Crippen LogP contribution in [0.1, 0.15) is 0 Å². The topological polar surface area (TPSA) is 28.7 Å². The molecule has 1 N–H and O–H groups in total. The van der Waals surface area contributed by atoms with Crippen LogP contribution >= 0.6 is 11.3 Å². The summed E-state index contributed by atoms with van der Waals surface area (Å²) in [7, 11) is 0. The highest BCUT2D eigenvalue weighted by Gasteiger charge is 2.17. The van der Waals surface area contributed by atoms with Crippen molar-refractivity contribution in [3.63, 3.8) is 0 Å². The highest BCUT2D eigenvalue weighted by atomic mass is 32.1. The number of rotatable bonds is 0. The zero-order chi connectivity index (χ0) is 14.8. The fourth-order valence-corrected chi connectivity index (χ4v) is 4.00. The number of benzene rings is 2. The number of aromatic nitrogens is 2. The summed E-state index contributed by atoms with van der Waals surface area (Å²) in [6.45, 7) is 0. The minimum absolute atomic E-state index is 0.268. The van der Waals surface area contributed by atoms with Gasteiger partial charge >= 0.3 is 0 Å². The van der Waals surface area contributed by atoms with Gasteiger partial charge in [-0.3, -0.25) is 0 Å². The van der Waals surface area contributed by atoms with Crippen LogP contribution in [0.5, 0.6) is 0 Å². The third-order valence-electron chi connectivity index (χ3n) is 3.95. The fourth-order valence-electron chi connectivity index (χ4n) is 2.95. The lowest BCUT2D eigenvalue weighted by molar-refractivity contribution is 0.629. The highest BCUT2D eigenvalue weighted by molar-refractivity contribution is 7.21. The van der Waals surface area contributed by atoms with Crippen molar-refractivity contribution < 1.29 is 8.78 Å². The van der Waals surface area contributed by atoms with Crippen molar-refractivity contribution in [1.29, 1.82) is 0 Å². The van der Waals surface area contributed by atoms with Crippen LogP contribution in [0.15, 0.2) is 42.5 Å². The van der Waals surface area contributed by atoms with Crippen LogP contribution in [-0.4, -0.2) is 9.97 Å². The van der Waals surface area contributed by atoms with Gasteiger partial charge in [0.1, 0.15) is 21.5 Å². The van der Waals surface area contributed by atoms with Crippen LogP contribution < -0.4 is 0 Å². The second-order valence-electron chi connectivity index (χ2n) is 5.30. The van der Waals surface area contributed by atoms with Crippen molar-refractivity contribution in [3.8, 4) is 10.6 Å². The molecule has 3 heterocycles. The molecule has 2 nitrogen and oxygen atoms in total. The molecule has 0 saturated carbocycles. The molecule has 0 saturated heterocycles. The molecule has 22 heavy (non-hydrogen) atoms. The van der Waals surface area contributed by atoms with Crippen LogP contribution in [0, 0.1) is 11.6 Å². The number of fused-ring (bicyclic) bond motifs is 6. The second-order valence-corrected chi connectivity index (χ2v) is 6.30. The Hall–Kier alpha value is -2.53. The first-order chi connectivity index (χ1) is 10.7. The molecule has 0 amide bonds. The Kier molecular flexibility index (Phi) is 2.20. The first-order valence-electron chi connectivity index (χ1n) is 6.79. The Bertz CT molecular complexity index is 1150. The molecule has 2 aliphatic rings. The molecule has 0 atom stereocenters. The Morgan fingerprint density at radius 2 is 1.64 bits per heavy atom. The molecule has 0 fully saturated rings. The van der Waals surface area contributed by atoms with E-state index in [0.29, 0.717) is 0 Å². The van der Waals surface area contributed by atoms with E-state index in [2.05, 4.69) is 9.97 Å². The predicted molar refractivity (Wildman–Crippen MR) is 85.5 cm³/mol. The summed E-state index contributed by atoms with van der Waals surface area (Å²) in [5, 5.41) is 3.41. The first kappa shape index (κ1) is 12.1. The lowest BCUT2D eigenvalue weighted by Gasteiger charge is -1.98. The summed E-state index contributed by atoms with van der Waals surface area (Å²) in [6, 6.07) is 11.2. The maximum atomic E-state index is 13.5. The minimum Gasteiger partial charge on any atom is -0.346 e. The zero-order valence-corrected chi connectivity index (χ0v) is 12.0. The van der Waals surface area contributed by atoms with Gasteiger partial charge in [-0.25, -0.2) is 13.8 Å². The fraction of sp³-hybridized carbons (Fsp3) is 0. The highest BCUT2D eigenvalue weighted by Crippen LogP contribution is 2.40. The normalized spacial score (nSPS) is 12.1. The van der Waals surface area contributed by atoms with Gasteiger partial charge in [0, 0.05) is 27.2 Å². The smallest absolute Gasteiger partial charge is 0.126 e. The molecule has 0 spiro atoms. The number of aromatic amines is 1. The minimum atomic E-state index is -0.281. The van der Waals surface area contributed by atoms with E-state index in [9.17, 15) is 8.78 Å². The Labute approximate surface area is 127 Å². The largest absolute Gasteiger partial charge is 0.346 e. The third-order valence-corrected chi connectivity index (χ3v) is 4.98. The summed E-state index contributed by atoms with van der Waals surface area (Å²) < 4.78 is 27.1. The van der Waals surface area contributed by atoms with Gasteiger partial charge in [-0.05, 0) is 42.5 Å². The van der Waals surface area contributed by atoms with Gasteiger partial charge < -0.3 is 4.98 Å². The van der Waals surface area contributed by atoms with Crippen LogP contribution in [-0.2, 0) is 0 Å². The molecule has 2 aliphatic heterocycles. The molecular formula is C17H8F2N2S. The maximum Gasteiger partial charge on any atom is 0.126 e. The van der Waals surface area contributed by atoms with Crippen molar-refractivity contribution in [2.24, 2.45) is 0 Å². The van der Waals surface area contributed by atoms with Gasteiger partial charge in [-0.1, -0.05) is 11.3 Å². The van der Waals surface area contributed by atoms with Gasteiger partial charge in [0.15, 0.2) is 0 Å². The lowest BCUT2D eigenvalue weighted by Crippen LogP contribution is -1.75. The number of H-pyrrole nitrogens is 1. The molecule has 5 rings (SSSR count). The molecule has 0 radical (unpaired) electrons. The van der Waals surface area contributed by atoms with Crippen LogP contribution in [0.2, 0.25) is 0 Å². The Morgan fingerprint density at radius 1 is 0.864 bits per heavy atom. The molecule has 1 aromatic heterocycles. The van der Waals surface area contributed by atoms with Crippen molar-refractivity contribution >= 4 is 43.4 Å². The number of hydrogen-bond donors (Lipinski definition) is 1. The van der Waals surface area contributed by atoms with Gasteiger partial charge in [-0.15, -0.1) is 0 Å². The average molecular weight is 310 g/mol. The average Bonchev–Trinajstić information content (AvgIpc) is 3.02. The summed E-state index contributed by atoms with van der Waals surface area (Å²) in [6.07, 6.45) is 0. The standard InChI is InChI=1S/C17H8F2N2S/c18-8-1-3-14-10(5-8)12-7-13-11-6-9(19)2-4-15(11)21-17(13)22-16(12)20-14/h1-7,20H. The van der Waals surface area contributed by atoms with Crippen molar-refractivity contribution in [2.75, 3.05) is 0 Å². The van der Waals surface area contributed by atoms with Crippen LogP contribution in [0.25, 0.3) is 42.6 Å². The van der Waals surface area contributed by atoms with E-state index in [1.54, 1.807) is 12.1 Å². The summed E-state index contributed by atoms with van der Waals surface area (Å²) in [4.78, 5) is 8.78. The van der Waals surface area contributed by atoms with E-state index in [1.807, 2.05) is 6.07 Å². The number of halogens is 2. The van der Waals surface area contributed by atoms with Crippen molar-refractivity contribution in [1.82, 2.24) is 9.97 Å². The molecule has 3 aromatic rings.